The van der Waals surface area contributed by atoms with Gasteiger partial charge in [0.15, 0.2) is 0 Å². The van der Waals surface area contributed by atoms with E-state index in [4.69, 9.17) is 8.92 Å². The van der Waals surface area contributed by atoms with Crippen molar-refractivity contribution in [3.8, 4) is 0 Å². The number of unbranched alkanes of at least 4 members (excludes halogenated alkanes) is 1. The normalized spacial score (nSPS) is 22.0. The van der Waals surface area contributed by atoms with Crippen molar-refractivity contribution >= 4 is 10.1 Å². The van der Waals surface area contributed by atoms with E-state index in [2.05, 4.69) is 6.92 Å². The predicted octanol–water partition coefficient (Wildman–Crippen LogP) is 3.44. The minimum Gasteiger partial charge on any atom is -0.375 e. The summed E-state index contributed by atoms with van der Waals surface area (Å²) in [5, 5.41) is 0. The molecule has 0 radical (unpaired) electrons. The van der Waals surface area contributed by atoms with Gasteiger partial charge in [0.2, 0.25) is 0 Å². The van der Waals surface area contributed by atoms with Gasteiger partial charge in [-0.05, 0) is 51.2 Å². The lowest BCUT2D eigenvalue weighted by Crippen LogP contribution is -2.42. The second-order valence-corrected chi connectivity index (χ2v) is 7.30. The SMILES string of the molecule is CCC1(CCCCOS(=O)(=O)c2ccc(C)cc2)CCO1. The van der Waals surface area contributed by atoms with E-state index in [1.807, 2.05) is 6.92 Å². The first-order chi connectivity index (χ1) is 9.97. The van der Waals surface area contributed by atoms with Crippen LogP contribution in [0.15, 0.2) is 29.2 Å². The van der Waals surface area contributed by atoms with Crippen molar-refractivity contribution in [2.75, 3.05) is 13.2 Å². The fourth-order valence-electron chi connectivity index (χ4n) is 2.53. The summed E-state index contributed by atoms with van der Waals surface area (Å²) in [6, 6.07) is 6.71. The summed E-state index contributed by atoms with van der Waals surface area (Å²) in [5.74, 6) is 0. The van der Waals surface area contributed by atoms with Gasteiger partial charge in [-0.15, -0.1) is 0 Å². The highest BCUT2D eigenvalue weighted by atomic mass is 32.2. The minimum absolute atomic E-state index is 0.0514. The molecule has 21 heavy (non-hydrogen) atoms. The van der Waals surface area contributed by atoms with Crippen LogP contribution in [0.25, 0.3) is 0 Å². The average Bonchev–Trinajstić information content (AvgIpc) is 2.41. The fourth-order valence-corrected chi connectivity index (χ4v) is 3.48. The van der Waals surface area contributed by atoms with Gasteiger partial charge >= 0.3 is 0 Å². The van der Waals surface area contributed by atoms with Crippen LogP contribution in [0.1, 0.15) is 44.6 Å². The zero-order valence-electron chi connectivity index (χ0n) is 12.8. The van der Waals surface area contributed by atoms with Crippen LogP contribution in [0.2, 0.25) is 0 Å². The van der Waals surface area contributed by atoms with Crippen LogP contribution in [0.5, 0.6) is 0 Å². The first-order valence-electron chi connectivity index (χ1n) is 7.57. The van der Waals surface area contributed by atoms with Crippen molar-refractivity contribution in [1.82, 2.24) is 0 Å². The maximum atomic E-state index is 12.0. The van der Waals surface area contributed by atoms with Crippen LogP contribution in [-0.2, 0) is 19.0 Å². The van der Waals surface area contributed by atoms with E-state index >= 15 is 0 Å². The second-order valence-electron chi connectivity index (χ2n) is 5.68. The maximum absolute atomic E-state index is 12.0. The molecule has 1 aliphatic rings. The third-order valence-corrected chi connectivity index (χ3v) is 5.51. The molecule has 1 heterocycles. The highest BCUT2D eigenvalue weighted by Gasteiger charge is 2.35. The van der Waals surface area contributed by atoms with Crippen molar-refractivity contribution in [1.29, 1.82) is 0 Å². The Morgan fingerprint density at radius 3 is 2.43 bits per heavy atom. The molecule has 0 spiro atoms. The summed E-state index contributed by atoms with van der Waals surface area (Å²) in [4.78, 5) is 0.223. The van der Waals surface area contributed by atoms with Gasteiger partial charge in [0, 0.05) is 0 Å². The topological polar surface area (TPSA) is 52.6 Å². The Morgan fingerprint density at radius 2 is 1.90 bits per heavy atom. The van der Waals surface area contributed by atoms with Crippen molar-refractivity contribution < 1.29 is 17.3 Å². The van der Waals surface area contributed by atoms with E-state index in [9.17, 15) is 8.42 Å². The number of aryl methyl sites for hydroxylation is 1. The van der Waals surface area contributed by atoms with Crippen molar-refractivity contribution in [2.24, 2.45) is 0 Å². The molecule has 1 aromatic rings. The number of hydrogen-bond acceptors (Lipinski definition) is 4. The molecule has 1 unspecified atom stereocenters. The Bertz CT molecular complexity index is 539. The molecule has 0 aromatic heterocycles. The van der Waals surface area contributed by atoms with Crippen LogP contribution in [0.3, 0.4) is 0 Å². The first-order valence-corrected chi connectivity index (χ1v) is 8.98. The third kappa shape index (κ3) is 4.28. The number of hydrogen-bond donors (Lipinski definition) is 0. The highest BCUT2D eigenvalue weighted by molar-refractivity contribution is 7.86. The molecular formula is C16H24O4S. The number of benzene rings is 1. The van der Waals surface area contributed by atoms with Crippen LogP contribution in [0, 0.1) is 6.92 Å². The van der Waals surface area contributed by atoms with E-state index in [1.54, 1.807) is 24.3 Å². The quantitative estimate of drug-likeness (QED) is 0.545. The zero-order valence-corrected chi connectivity index (χ0v) is 13.6. The molecule has 0 N–H and O–H groups in total. The van der Waals surface area contributed by atoms with Crippen molar-refractivity contribution in [3.05, 3.63) is 29.8 Å². The van der Waals surface area contributed by atoms with Crippen LogP contribution in [-0.4, -0.2) is 27.2 Å². The van der Waals surface area contributed by atoms with E-state index < -0.39 is 10.1 Å². The Morgan fingerprint density at radius 1 is 1.24 bits per heavy atom. The van der Waals surface area contributed by atoms with Gasteiger partial charge < -0.3 is 4.74 Å². The van der Waals surface area contributed by atoms with E-state index in [1.165, 1.54) is 0 Å². The highest BCUT2D eigenvalue weighted by Crippen LogP contribution is 2.34. The van der Waals surface area contributed by atoms with Gasteiger partial charge in [0.05, 0.1) is 23.7 Å². The molecule has 0 saturated carbocycles. The lowest BCUT2D eigenvalue weighted by molar-refractivity contribution is -0.154. The molecule has 118 valence electrons. The summed E-state index contributed by atoms with van der Waals surface area (Å²) >= 11 is 0. The molecule has 0 aliphatic carbocycles. The molecule has 2 rings (SSSR count). The molecule has 1 saturated heterocycles. The monoisotopic (exact) mass is 312 g/mol. The van der Waals surface area contributed by atoms with Crippen LogP contribution < -0.4 is 0 Å². The minimum atomic E-state index is -3.62. The Labute approximate surface area is 127 Å². The Kier molecular flexibility index (Phi) is 5.41. The zero-order chi connectivity index (χ0) is 15.3. The molecule has 1 aromatic carbocycles. The fraction of sp³-hybridized carbons (Fsp3) is 0.625. The second kappa shape index (κ2) is 6.90. The third-order valence-electron chi connectivity index (χ3n) is 4.19. The summed E-state index contributed by atoms with van der Waals surface area (Å²) < 4.78 is 34.7. The standard InChI is InChI=1S/C16H24O4S/c1-3-16(11-13-19-16)10-4-5-12-20-21(17,18)15-8-6-14(2)7-9-15/h6-9H,3-5,10-13H2,1-2H3. The molecule has 1 fully saturated rings. The van der Waals surface area contributed by atoms with E-state index in [-0.39, 0.29) is 17.1 Å². The largest absolute Gasteiger partial charge is 0.375 e. The van der Waals surface area contributed by atoms with Gasteiger partial charge in [-0.2, -0.15) is 8.42 Å². The van der Waals surface area contributed by atoms with E-state index in [0.29, 0.717) is 0 Å². The molecule has 1 atom stereocenters. The lowest BCUT2D eigenvalue weighted by atomic mass is 9.86. The van der Waals surface area contributed by atoms with Crippen molar-refractivity contribution in [2.45, 2.75) is 56.4 Å². The lowest BCUT2D eigenvalue weighted by Gasteiger charge is -2.41. The van der Waals surface area contributed by atoms with Crippen LogP contribution >= 0.6 is 0 Å². The molecular weight excluding hydrogens is 288 g/mol. The predicted molar refractivity (Wildman–Crippen MR) is 81.8 cm³/mol. The molecule has 0 amide bonds. The van der Waals surface area contributed by atoms with Gasteiger partial charge in [-0.3, -0.25) is 4.18 Å². The Balaban J connectivity index is 1.74. The number of rotatable bonds is 8. The van der Waals surface area contributed by atoms with Crippen molar-refractivity contribution in [3.63, 3.8) is 0 Å². The van der Waals surface area contributed by atoms with Gasteiger partial charge in [0.25, 0.3) is 10.1 Å². The van der Waals surface area contributed by atoms with Gasteiger partial charge in [-0.25, -0.2) is 0 Å². The molecule has 1 aliphatic heterocycles. The summed E-state index contributed by atoms with van der Waals surface area (Å²) in [6.45, 7) is 5.14. The molecule has 4 nitrogen and oxygen atoms in total. The average molecular weight is 312 g/mol. The Hall–Kier alpha value is -0.910. The summed E-state index contributed by atoms with van der Waals surface area (Å²) in [6.07, 6.45) is 4.78. The van der Waals surface area contributed by atoms with Crippen LogP contribution in [0.4, 0.5) is 0 Å². The van der Waals surface area contributed by atoms with Gasteiger partial charge in [-0.1, -0.05) is 24.6 Å². The molecule has 0 bridgehead atoms. The summed E-state index contributed by atoms with van der Waals surface area (Å²) in [5.41, 5.74) is 1.08. The summed E-state index contributed by atoms with van der Waals surface area (Å²) in [7, 11) is -3.62. The van der Waals surface area contributed by atoms with Gasteiger partial charge in [0.1, 0.15) is 0 Å². The smallest absolute Gasteiger partial charge is 0.296 e. The number of ether oxygens (including phenoxy) is 1. The maximum Gasteiger partial charge on any atom is 0.296 e. The first kappa shape index (κ1) is 16.5. The van der Waals surface area contributed by atoms with E-state index in [0.717, 1.165) is 44.3 Å². The molecule has 5 heteroatoms.